The van der Waals surface area contributed by atoms with Crippen LogP contribution >= 0.6 is 11.3 Å². The van der Waals surface area contributed by atoms with Crippen LogP contribution in [0.1, 0.15) is 24.9 Å². The summed E-state index contributed by atoms with van der Waals surface area (Å²) in [6, 6.07) is 9.85. The average molecular weight is 277 g/mol. The topological polar surface area (TPSA) is 89.6 Å². The zero-order valence-electron chi connectivity index (χ0n) is 9.83. The van der Waals surface area contributed by atoms with Crippen LogP contribution in [0, 0.1) is 0 Å². The predicted molar refractivity (Wildman–Crippen MR) is 70.6 cm³/mol. The summed E-state index contributed by atoms with van der Waals surface area (Å²) in [5, 5.41) is 8.81. The second-order valence-corrected chi connectivity index (χ2v) is 4.89. The molecule has 0 saturated heterocycles. The van der Waals surface area contributed by atoms with Crippen LogP contribution in [0.25, 0.3) is 0 Å². The number of hydrogen-bond donors (Lipinski definition) is 2. The Hall–Kier alpha value is -2.34. The molecule has 1 amide bonds. The van der Waals surface area contributed by atoms with E-state index in [2.05, 4.69) is 0 Å². The minimum absolute atomic E-state index is 0.197. The summed E-state index contributed by atoms with van der Waals surface area (Å²) >= 11 is 1.13. The molecule has 0 unspecified atom stereocenters. The van der Waals surface area contributed by atoms with Crippen LogP contribution in [0.3, 0.4) is 0 Å². The lowest BCUT2D eigenvalue weighted by molar-refractivity contribution is 0.0702. The zero-order chi connectivity index (χ0) is 13.8. The molecule has 1 aromatic carbocycles. The van der Waals surface area contributed by atoms with E-state index in [1.807, 2.05) is 0 Å². The second kappa shape index (κ2) is 5.53. The van der Waals surface area contributed by atoms with Crippen molar-refractivity contribution < 1.29 is 19.4 Å². The van der Waals surface area contributed by atoms with E-state index in [4.69, 9.17) is 15.6 Å². The van der Waals surface area contributed by atoms with E-state index in [-0.39, 0.29) is 11.5 Å². The number of carboxylic acids is 1. The molecular formula is C13H11NO4S. The maximum absolute atomic E-state index is 11.2. The minimum atomic E-state index is -0.964. The van der Waals surface area contributed by atoms with E-state index < -0.39 is 11.9 Å². The van der Waals surface area contributed by atoms with Gasteiger partial charge in [-0.1, -0.05) is 12.1 Å². The van der Waals surface area contributed by atoms with Crippen molar-refractivity contribution in [1.82, 2.24) is 0 Å². The maximum Gasteiger partial charge on any atom is 0.345 e. The fourth-order valence-corrected chi connectivity index (χ4v) is 2.28. The lowest BCUT2D eigenvalue weighted by Gasteiger charge is -2.07. The molecule has 2 rings (SSSR count). The van der Waals surface area contributed by atoms with Gasteiger partial charge in [-0.25, -0.2) is 4.79 Å². The van der Waals surface area contributed by atoms with Crippen molar-refractivity contribution in [3.8, 4) is 5.75 Å². The highest BCUT2D eigenvalue weighted by Gasteiger charge is 2.10. The molecule has 5 nitrogen and oxygen atoms in total. The molecule has 0 spiro atoms. The smallest absolute Gasteiger partial charge is 0.345 e. The van der Waals surface area contributed by atoms with Gasteiger partial charge in [-0.15, -0.1) is 11.3 Å². The lowest BCUT2D eigenvalue weighted by Crippen LogP contribution is -2.12. The maximum atomic E-state index is 11.2. The Morgan fingerprint density at radius 3 is 2.58 bits per heavy atom. The molecule has 0 aliphatic carbocycles. The number of rotatable bonds is 5. The summed E-state index contributed by atoms with van der Waals surface area (Å²) < 4.78 is 5.49. The number of hydrogen-bond acceptors (Lipinski definition) is 4. The summed E-state index contributed by atoms with van der Waals surface area (Å²) in [4.78, 5) is 22.9. The first kappa shape index (κ1) is 13.1. The molecule has 2 aromatic rings. The zero-order valence-corrected chi connectivity index (χ0v) is 10.6. The average Bonchev–Trinajstić information content (AvgIpc) is 2.85. The molecule has 19 heavy (non-hydrogen) atoms. The number of amides is 1. The molecule has 6 heteroatoms. The van der Waals surface area contributed by atoms with Crippen molar-refractivity contribution >= 4 is 23.2 Å². The third-order valence-electron chi connectivity index (χ3n) is 2.39. The van der Waals surface area contributed by atoms with E-state index in [9.17, 15) is 9.59 Å². The van der Waals surface area contributed by atoms with Crippen LogP contribution in [-0.4, -0.2) is 17.0 Å². The molecular weight excluding hydrogens is 266 g/mol. The molecule has 0 saturated carbocycles. The highest BCUT2D eigenvalue weighted by atomic mass is 32.1. The lowest BCUT2D eigenvalue weighted by atomic mass is 10.2. The summed E-state index contributed by atoms with van der Waals surface area (Å²) in [5.74, 6) is -1.14. The number of ether oxygens (including phenoxy) is 1. The van der Waals surface area contributed by atoms with E-state index >= 15 is 0 Å². The van der Waals surface area contributed by atoms with Crippen LogP contribution in [0.4, 0.5) is 0 Å². The minimum Gasteiger partial charge on any atom is -0.487 e. The summed E-state index contributed by atoms with van der Waals surface area (Å²) in [7, 11) is 0. The van der Waals surface area contributed by atoms with Gasteiger partial charge in [-0.05, 0) is 24.3 Å². The highest BCUT2D eigenvalue weighted by Crippen LogP contribution is 2.22. The van der Waals surface area contributed by atoms with Crippen molar-refractivity contribution in [3.63, 3.8) is 0 Å². The van der Waals surface area contributed by atoms with E-state index in [0.717, 1.165) is 16.2 Å². The first-order valence-electron chi connectivity index (χ1n) is 5.41. The number of thiophene rings is 1. The molecule has 1 aromatic heterocycles. The Morgan fingerprint density at radius 2 is 1.95 bits per heavy atom. The van der Waals surface area contributed by atoms with Gasteiger partial charge < -0.3 is 15.6 Å². The van der Waals surface area contributed by atoms with Crippen molar-refractivity contribution in [2.24, 2.45) is 5.73 Å². The Bertz CT molecular complexity index is 621. The second-order valence-electron chi connectivity index (χ2n) is 3.72. The number of carbonyl (C=O) groups is 2. The largest absolute Gasteiger partial charge is 0.487 e. The number of carbonyl (C=O) groups excluding carboxylic acids is 1. The van der Waals surface area contributed by atoms with Crippen molar-refractivity contribution in [2.75, 3.05) is 0 Å². The first-order chi connectivity index (χ1) is 9.08. The van der Waals surface area contributed by atoms with Crippen LogP contribution < -0.4 is 10.5 Å². The first-order valence-corrected chi connectivity index (χ1v) is 6.23. The van der Waals surface area contributed by atoms with Gasteiger partial charge in [0, 0.05) is 4.88 Å². The summed E-state index contributed by atoms with van der Waals surface area (Å²) in [6.07, 6.45) is 0. The van der Waals surface area contributed by atoms with Gasteiger partial charge in [0.05, 0.1) is 5.56 Å². The summed E-state index contributed by atoms with van der Waals surface area (Å²) in [6.45, 7) is 0.197. The fourth-order valence-electron chi connectivity index (χ4n) is 1.52. The third kappa shape index (κ3) is 3.11. The molecule has 0 atom stereocenters. The molecule has 3 N–H and O–H groups in total. The number of benzene rings is 1. The fraction of sp³-hybridized carbons (Fsp3) is 0.0769. The van der Waals surface area contributed by atoms with Gasteiger partial charge in [0.25, 0.3) is 5.91 Å². The molecule has 0 aliphatic rings. The molecule has 98 valence electrons. The third-order valence-corrected chi connectivity index (χ3v) is 3.44. The van der Waals surface area contributed by atoms with Gasteiger partial charge in [-0.2, -0.15) is 0 Å². The monoisotopic (exact) mass is 277 g/mol. The van der Waals surface area contributed by atoms with Gasteiger partial charge in [-0.3, -0.25) is 4.79 Å². The van der Waals surface area contributed by atoms with Gasteiger partial charge in [0.15, 0.2) is 0 Å². The molecule has 1 heterocycles. The van der Waals surface area contributed by atoms with Gasteiger partial charge in [0.1, 0.15) is 17.2 Å². The molecule has 0 aliphatic heterocycles. The van der Waals surface area contributed by atoms with Gasteiger partial charge >= 0.3 is 5.97 Å². The number of primary amides is 1. The Labute approximate surface area is 113 Å². The highest BCUT2D eigenvalue weighted by molar-refractivity contribution is 7.13. The molecule has 0 fully saturated rings. The number of para-hydroxylation sites is 1. The Balaban J connectivity index is 2.10. The van der Waals surface area contributed by atoms with E-state index in [1.54, 1.807) is 30.3 Å². The van der Waals surface area contributed by atoms with Crippen LogP contribution in [-0.2, 0) is 6.61 Å². The Kier molecular flexibility index (Phi) is 3.82. The summed E-state index contributed by atoms with van der Waals surface area (Å²) in [5.41, 5.74) is 5.54. The Morgan fingerprint density at radius 1 is 1.21 bits per heavy atom. The van der Waals surface area contributed by atoms with E-state index in [0.29, 0.717) is 11.3 Å². The van der Waals surface area contributed by atoms with Crippen molar-refractivity contribution in [3.05, 3.63) is 51.7 Å². The molecule has 0 bridgehead atoms. The SMILES string of the molecule is NC(=O)c1ccccc1OCc1ccc(C(=O)O)s1. The van der Waals surface area contributed by atoms with Crippen molar-refractivity contribution in [2.45, 2.75) is 6.61 Å². The van der Waals surface area contributed by atoms with Crippen molar-refractivity contribution in [1.29, 1.82) is 0 Å². The predicted octanol–water partition coefficient (Wildman–Crippen LogP) is 2.12. The number of carboxylic acid groups (broad SMARTS) is 1. The standard InChI is InChI=1S/C13H11NO4S/c14-12(15)9-3-1-2-4-10(9)18-7-8-5-6-11(19-8)13(16)17/h1-6H,7H2,(H2,14,15)(H,16,17). The van der Waals surface area contributed by atoms with Crippen LogP contribution in [0.15, 0.2) is 36.4 Å². The van der Waals surface area contributed by atoms with E-state index in [1.165, 1.54) is 6.07 Å². The molecule has 0 radical (unpaired) electrons. The van der Waals surface area contributed by atoms with Crippen LogP contribution in [0.2, 0.25) is 0 Å². The normalized spacial score (nSPS) is 10.1. The number of aromatic carboxylic acids is 1. The van der Waals surface area contributed by atoms with Gasteiger partial charge in [0.2, 0.25) is 0 Å². The quantitative estimate of drug-likeness (QED) is 0.876. The number of nitrogens with two attached hydrogens (primary N) is 1. The van der Waals surface area contributed by atoms with Crippen LogP contribution in [0.5, 0.6) is 5.75 Å².